The molecule has 9 heteroatoms. The van der Waals surface area contributed by atoms with Gasteiger partial charge in [-0.2, -0.15) is 13.2 Å². The quantitative estimate of drug-likeness (QED) is 0.704. The summed E-state index contributed by atoms with van der Waals surface area (Å²) in [6.07, 6.45) is -2.30. The van der Waals surface area contributed by atoms with Gasteiger partial charge in [0, 0.05) is 25.7 Å². The van der Waals surface area contributed by atoms with Crippen LogP contribution >= 0.6 is 11.6 Å². The number of ether oxygens (including phenoxy) is 1. The summed E-state index contributed by atoms with van der Waals surface area (Å²) in [7, 11) is 4.59. The first-order chi connectivity index (χ1) is 13.5. The third-order valence-corrected chi connectivity index (χ3v) is 4.16. The molecule has 29 heavy (non-hydrogen) atoms. The Kier molecular flexibility index (Phi) is 6.92. The molecule has 0 heterocycles. The van der Waals surface area contributed by atoms with Crippen LogP contribution in [0.25, 0.3) is 6.08 Å². The van der Waals surface area contributed by atoms with Crippen molar-refractivity contribution in [2.75, 3.05) is 26.5 Å². The van der Waals surface area contributed by atoms with Crippen molar-refractivity contribution < 1.29 is 27.5 Å². The first kappa shape index (κ1) is 22.3. The van der Waals surface area contributed by atoms with Gasteiger partial charge < -0.3 is 15.0 Å². The van der Waals surface area contributed by atoms with E-state index in [1.165, 1.54) is 36.3 Å². The number of rotatable bonds is 5. The van der Waals surface area contributed by atoms with Crippen LogP contribution in [0.1, 0.15) is 21.5 Å². The molecule has 0 aromatic heterocycles. The summed E-state index contributed by atoms with van der Waals surface area (Å²) < 4.78 is 43.9. The molecule has 2 aromatic carbocycles. The van der Waals surface area contributed by atoms with Crippen LogP contribution in [0.4, 0.5) is 18.9 Å². The highest BCUT2D eigenvalue weighted by atomic mass is 35.5. The first-order valence-corrected chi connectivity index (χ1v) is 8.66. The molecule has 0 saturated carbocycles. The third kappa shape index (κ3) is 5.74. The van der Waals surface area contributed by atoms with Crippen molar-refractivity contribution in [3.05, 3.63) is 64.2 Å². The lowest BCUT2D eigenvalue weighted by Crippen LogP contribution is -2.22. The summed E-state index contributed by atoms with van der Waals surface area (Å²) >= 11 is 5.58. The second-order valence-corrected chi connectivity index (χ2v) is 6.58. The Hall–Kier alpha value is -3.00. The number of methoxy groups -OCH3 is 1. The Morgan fingerprint density at radius 3 is 2.41 bits per heavy atom. The molecule has 0 saturated heterocycles. The predicted octanol–water partition coefficient (Wildman–Crippen LogP) is 4.72. The van der Waals surface area contributed by atoms with Crippen molar-refractivity contribution in [2.24, 2.45) is 0 Å². The van der Waals surface area contributed by atoms with Crippen molar-refractivity contribution in [1.82, 2.24) is 4.90 Å². The molecular weight excluding hydrogens is 409 g/mol. The third-order valence-electron chi connectivity index (χ3n) is 3.83. The SMILES string of the molecule is COc1ccc(C(=O)N(C)C)cc1NC(=O)/C=C/c1ccc(Cl)c(C(F)(F)F)c1. The highest BCUT2D eigenvalue weighted by molar-refractivity contribution is 6.31. The largest absolute Gasteiger partial charge is 0.495 e. The van der Waals surface area contributed by atoms with Crippen LogP contribution in [0.3, 0.4) is 0 Å². The smallest absolute Gasteiger partial charge is 0.417 e. The molecule has 0 aliphatic carbocycles. The number of hydrogen-bond acceptors (Lipinski definition) is 3. The standard InChI is InChI=1S/C20H18ClF3N2O3/c1-26(2)19(28)13-6-8-17(29-3)16(11-13)25-18(27)9-5-12-4-7-15(21)14(10-12)20(22,23)24/h4-11H,1-3H3,(H,25,27)/b9-5+. The molecule has 0 radical (unpaired) electrons. The minimum Gasteiger partial charge on any atom is -0.495 e. The number of anilines is 1. The van der Waals surface area contributed by atoms with E-state index in [0.29, 0.717) is 11.3 Å². The number of carbonyl (C=O) groups excluding carboxylic acids is 2. The number of amides is 2. The van der Waals surface area contributed by atoms with E-state index < -0.39 is 22.7 Å². The van der Waals surface area contributed by atoms with E-state index in [4.69, 9.17) is 16.3 Å². The maximum absolute atomic E-state index is 12.9. The van der Waals surface area contributed by atoms with Crippen molar-refractivity contribution in [1.29, 1.82) is 0 Å². The lowest BCUT2D eigenvalue weighted by molar-refractivity contribution is -0.137. The van der Waals surface area contributed by atoms with Gasteiger partial charge in [0.1, 0.15) is 5.75 Å². The molecule has 1 N–H and O–H groups in total. The van der Waals surface area contributed by atoms with Crippen molar-refractivity contribution in [3.8, 4) is 5.75 Å². The summed E-state index contributed by atoms with van der Waals surface area (Å²) in [5.41, 5.74) is -0.247. The average molecular weight is 427 g/mol. The average Bonchev–Trinajstić information content (AvgIpc) is 2.65. The van der Waals surface area contributed by atoms with E-state index in [1.807, 2.05) is 0 Å². The van der Waals surface area contributed by atoms with E-state index >= 15 is 0 Å². The minimum absolute atomic E-state index is 0.153. The molecule has 0 atom stereocenters. The predicted molar refractivity (Wildman–Crippen MR) is 105 cm³/mol. The number of carbonyl (C=O) groups is 2. The molecule has 0 spiro atoms. The van der Waals surface area contributed by atoms with E-state index in [9.17, 15) is 22.8 Å². The summed E-state index contributed by atoms with van der Waals surface area (Å²) in [5, 5.41) is 2.13. The van der Waals surface area contributed by atoms with Crippen LogP contribution in [-0.4, -0.2) is 37.9 Å². The normalized spacial score (nSPS) is 11.4. The zero-order valence-corrected chi connectivity index (χ0v) is 16.6. The van der Waals surface area contributed by atoms with Crippen LogP contribution in [0.5, 0.6) is 5.75 Å². The summed E-state index contributed by atoms with van der Waals surface area (Å²) in [6, 6.07) is 7.86. The van der Waals surface area contributed by atoms with Gasteiger partial charge in [-0.3, -0.25) is 9.59 Å². The molecule has 0 bridgehead atoms. The first-order valence-electron chi connectivity index (χ1n) is 8.28. The maximum atomic E-state index is 12.9. The van der Waals surface area contributed by atoms with Gasteiger partial charge in [-0.05, 0) is 42.0 Å². The molecule has 0 aliphatic heterocycles. The van der Waals surface area contributed by atoms with Gasteiger partial charge in [0.05, 0.1) is 23.4 Å². The van der Waals surface area contributed by atoms with E-state index in [1.54, 1.807) is 20.2 Å². The van der Waals surface area contributed by atoms with Crippen molar-refractivity contribution >= 4 is 35.2 Å². The highest BCUT2D eigenvalue weighted by Gasteiger charge is 2.33. The summed E-state index contributed by atoms with van der Waals surface area (Å²) in [4.78, 5) is 25.7. The molecular formula is C20H18ClF3N2O3. The molecule has 154 valence electrons. The van der Waals surface area contributed by atoms with Gasteiger partial charge in [0.2, 0.25) is 5.91 Å². The Balaban J connectivity index is 2.23. The molecule has 2 amide bonds. The fraction of sp³-hybridized carbons (Fsp3) is 0.200. The van der Waals surface area contributed by atoms with Crippen LogP contribution in [0, 0.1) is 0 Å². The van der Waals surface area contributed by atoms with Gasteiger partial charge in [0.25, 0.3) is 5.91 Å². The lowest BCUT2D eigenvalue weighted by atomic mass is 10.1. The van der Waals surface area contributed by atoms with Gasteiger partial charge in [0.15, 0.2) is 0 Å². The Labute approximate surface area is 170 Å². The van der Waals surface area contributed by atoms with E-state index in [-0.39, 0.29) is 17.2 Å². The topological polar surface area (TPSA) is 58.6 Å². The lowest BCUT2D eigenvalue weighted by Gasteiger charge is -2.14. The fourth-order valence-electron chi connectivity index (χ4n) is 2.41. The molecule has 0 fully saturated rings. The number of hydrogen-bond donors (Lipinski definition) is 1. The Morgan fingerprint density at radius 1 is 1.14 bits per heavy atom. The Morgan fingerprint density at radius 2 is 1.83 bits per heavy atom. The molecule has 5 nitrogen and oxygen atoms in total. The van der Waals surface area contributed by atoms with Crippen molar-refractivity contribution in [3.63, 3.8) is 0 Å². The number of nitrogens with one attached hydrogen (secondary N) is 1. The fourth-order valence-corrected chi connectivity index (χ4v) is 2.63. The number of benzene rings is 2. The van der Waals surface area contributed by atoms with Crippen LogP contribution < -0.4 is 10.1 Å². The summed E-state index contributed by atoms with van der Waals surface area (Å²) in [5.74, 6) is -0.547. The van der Waals surface area contributed by atoms with Gasteiger partial charge in [-0.15, -0.1) is 0 Å². The summed E-state index contributed by atoms with van der Waals surface area (Å²) in [6.45, 7) is 0. The van der Waals surface area contributed by atoms with Crippen LogP contribution in [0.2, 0.25) is 5.02 Å². The number of halogens is 4. The van der Waals surface area contributed by atoms with Crippen LogP contribution in [-0.2, 0) is 11.0 Å². The second-order valence-electron chi connectivity index (χ2n) is 6.17. The zero-order valence-electron chi connectivity index (χ0n) is 15.8. The maximum Gasteiger partial charge on any atom is 0.417 e. The van der Waals surface area contributed by atoms with Gasteiger partial charge in [-0.25, -0.2) is 0 Å². The molecule has 2 aromatic rings. The molecule has 0 unspecified atom stereocenters. The van der Waals surface area contributed by atoms with E-state index in [0.717, 1.165) is 18.2 Å². The van der Waals surface area contributed by atoms with Crippen molar-refractivity contribution in [2.45, 2.75) is 6.18 Å². The minimum atomic E-state index is -4.60. The zero-order chi connectivity index (χ0) is 21.8. The van der Waals surface area contributed by atoms with Gasteiger partial charge >= 0.3 is 6.18 Å². The highest BCUT2D eigenvalue weighted by Crippen LogP contribution is 2.35. The van der Waals surface area contributed by atoms with E-state index in [2.05, 4.69) is 5.32 Å². The monoisotopic (exact) mass is 426 g/mol. The van der Waals surface area contributed by atoms with Crippen LogP contribution in [0.15, 0.2) is 42.5 Å². The van der Waals surface area contributed by atoms with Gasteiger partial charge in [-0.1, -0.05) is 17.7 Å². The number of nitrogens with zero attached hydrogens (tertiary/aromatic N) is 1. The number of alkyl halides is 3. The molecule has 2 rings (SSSR count). The second kappa shape index (κ2) is 9.00. The Bertz CT molecular complexity index is 956. The molecule has 0 aliphatic rings.